The third-order valence-electron chi connectivity index (χ3n) is 5.04. The van der Waals surface area contributed by atoms with Crippen molar-refractivity contribution < 1.29 is 15.0 Å². The van der Waals surface area contributed by atoms with E-state index < -0.39 is 6.10 Å². The number of aliphatic hydroxyl groups excluding tert-OH is 1. The van der Waals surface area contributed by atoms with Gasteiger partial charge in [-0.25, -0.2) is 4.79 Å². The highest BCUT2D eigenvalue weighted by Crippen LogP contribution is 2.34. The molecule has 0 saturated heterocycles. The fraction of sp³-hybridized carbons (Fsp3) is 0.632. The molecule has 1 aliphatic carbocycles. The Kier molecular flexibility index (Phi) is 6.49. The molecule has 1 saturated carbocycles. The van der Waals surface area contributed by atoms with E-state index in [9.17, 15) is 15.0 Å². The number of hydrogen-bond acceptors (Lipinski definition) is 3. The second kappa shape index (κ2) is 8.38. The molecule has 1 unspecified atom stereocenters. The van der Waals surface area contributed by atoms with E-state index in [4.69, 9.17) is 0 Å². The molecule has 1 fully saturated rings. The molecular formula is C19H30N2O3. The van der Waals surface area contributed by atoms with E-state index in [1.807, 2.05) is 6.92 Å². The first kappa shape index (κ1) is 18.6. The SMILES string of the molecule is CCN(CC(O)c1cccc(O)c1)C(=O)NCC1(C)CCCCC1. The summed E-state index contributed by atoms with van der Waals surface area (Å²) in [5.41, 5.74) is 0.803. The summed E-state index contributed by atoms with van der Waals surface area (Å²) in [6, 6.07) is 6.39. The number of urea groups is 1. The van der Waals surface area contributed by atoms with Crippen LogP contribution in [0.3, 0.4) is 0 Å². The lowest BCUT2D eigenvalue weighted by Gasteiger charge is -2.34. The van der Waals surface area contributed by atoms with Gasteiger partial charge in [-0.1, -0.05) is 38.3 Å². The second-order valence-electron chi connectivity index (χ2n) is 7.18. The molecule has 1 aliphatic rings. The van der Waals surface area contributed by atoms with E-state index in [-0.39, 0.29) is 23.7 Å². The molecule has 3 N–H and O–H groups in total. The summed E-state index contributed by atoms with van der Waals surface area (Å²) in [5, 5.41) is 22.9. The van der Waals surface area contributed by atoms with Gasteiger partial charge in [-0.15, -0.1) is 0 Å². The number of carbonyl (C=O) groups is 1. The van der Waals surface area contributed by atoms with Gasteiger partial charge in [-0.3, -0.25) is 0 Å². The first-order valence-electron chi connectivity index (χ1n) is 8.93. The minimum atomic E-state index is -0.812. The number of carbonyl (C=O) groups excluding carboxylic acids is 1. The maximum absolute atomic E-state index is 12.4. The highest BCUT2D eigenvalue weighted by molar-refractivity contribution is 5.74. The van der Waals surface area contributed by atoms with Gasteiger partial charge in [0, 0.05) is 13.1 Å². The van der Waals surface area contributed by atoms with Crippen LogP contribution in [0.25, 0.3) is 0 Å². The van der Waals surface area contributed by atoms with Gasteiger partial charge in [0.1, 0.15) is 5.75 Å². The number of aliphatic hydroxyl groups is 1. The molecule has 0 spiro atoms. The van der Waals surface area contributed by atoms with Crippen LogP contribution in [0, 0.1) is 5.41 Å². The van der Waals surface area contributed by atoms with Crippen molar-refractivity contribution in [2.45, 2.75) is 52.1 Å². The average molecular weight is 334 g/mol. The molecule has 0 aromatic heterocycles. The number of benzene rings is 1. The topological polar surface area (TPSA) is 72.8 Å². The van der Waals surface area contributed by atoms with Crippen LogP contribution in [0.5, 0.6) is 5.75 Å². The minimum Gasteiger partial charge on any atom is -0.508 e. The van der Waals surface area contributed by atoms with Crippen LogP contribution in [0.2, 0.25) is 0 Å². The van der Waals surface area contributed by atoms with Gasteiger partial charge < -0.3 is 20.4 Å². The zero-order valence-corrected chi connectivity index (χ0v) is 14.8. The smallest absolute Gasteiger partial charge is 0.317 e. The summed E-state index contributed by atoms with van der Waals surface area (Å²) in [6.07, 6.45) is 5.27. The van der Waals surface area contributed by atoms with Crippen LogP contribution >= 0.6 is 0 Å². The summed E-state index contributed by atoms with van der Waals surface area (Å²) < 4.78 is 0. The Labute approximate surface area is 144 Å². The summed E-state index contributed by atoms with van der Waals surface area (Å²) in [5.74, 6) is 0.115. The quantitative estimate of drug-likeness (QED) is 0.746. The Balaban J connectivity index is 1.88. The van der Waals surface area contributed by atoms with E-state index in [0.717, 1.165) is 12.8 Å². The van der Waals surface area contributed by atoms with Crippen molar-refractivity contribution in [3.05, 3.63) is 29.8 Å². The fourth-order valence-corrected chi connectivity index (χ4v) is 3.38. The van der Waals surface area contributed by atoms with E-state index in [1.165, 1.54) is 25.3 Å². The number of phenolic OH excluding ortho intramolecular Hbond substituents is 1. The maximum atomic E-state index is 12.4. The summed E-state index contributed by atoms with van der Waals surface area (Å²) >= 11 is 0. The maximum Gasteiger partial charge on any atom is 0.317 e. The molecule has 1 aromatic rings. The molecule has 0 bridgehead atoms. The number of nitrogens with one attached hydrogen (secondary N) is 1. The Bertz CT molecular complexity index is 541. The Morgan fingerprint density at radius 2 is 2.04 bits per heavy atom. The van der Waals surface area contributed by atoms with E-state index in [2.05, 4.69) is 12.2 Å². The molecule has 0 heterocycles. The first-order chi connectivity index (χ1) is 11.4. The van der Waals surface area contributed by atoms with Crippen molar-refractivity contribution in [3.8, 4) is 5.75 Å². The number of phenols is 1. The van der Waals surface area contributed by atoms with Crippen LogP contribution in [0.1, 0.15) is 57.6 Å². The summed E-state index contributed by atoms with van der Waals surface area (Å²) in [6.45, 7) is 5.56. The zero-order valence-electron chi connectivity index (χ0n) is 14.8. The molecule has 0 radical (unpaired) electrons. The predicted octanol–water partition coefficient (Wildman–Crippen LogP) is 3.43. The lowest BCUT2D eigenvalue weighted by atomic mass is 9.76. The standard InChI is InChI=1S/C19H30N2O3/c1-3-21(13-17(23)15-8-7-9-16(22)12-15)18(24)20-14-19(2)10-5-4-6-11-19/h7-9,12,17,22-23H,3-6,10-11,13-14H2,1-2H3,(H,20,24). The lowest BCUT2D eigenvalue weighted by Crippen LogP contribution is -2.46. The van der Waals surface area contributed by atoms with Gasteiger partial charge >= 0.3 is 6.03 Å². The number of rotatable bonds is 6. The van der Waals surface area contributed by atoms with Crippen LogP contribution in [0.15, 0.2) is 24.3 Å². The second-order valence-corrected chi connectivity index (χ2v) is 7.18. The molecule has 5 nitrogen and oxygen atoms in total. The molecule has 0 aliphatic heterocycles. The third kappa shape index (κ3) is 5.13. The lowest BCUT2D eigenvalue weighted by molar-refractivity contribution is 0.120. The van der Waals surface area contributed by atoms with Crippen molar-refractivity contribution >= 4 is 6.03 Å². The molecule has 1 aromatic carbocycles. The van der Waals surface area contributed by atoms with Crippen molar-refractivity contribution in [3.63, 3.8) is 0 Å². The van der Waals surface area contributed by atoms with Gasteiger partial charge in [-0.2, -0.15) is 0 Å². The molecule has 1 atom stereocenters. The number of aromatic hydroxyl groups is 1. The molecule has 24 heavy (non-hydrogen) atoms. The predicted molar refractivity (Wildman–Crippen MR) is 94.9 cm³/mol. The highest BCUT2D eigenvalue weighted by atomic mass is 16.3. The van der Waals surface area contributed by atoms with Gasteiger partial charge in [0.15, 0.2) is 0 Å². The Morgan fingerprint density at radius 3 is 2.67 bits per heavy atom. The van der Waals surface area contributed by atoms with Crippen molar-refractivity contribution in [2.24, 2.45) is 5.41 Å². The number of amides is 2. The average Bonchev–Trinajstić information content (AvgIpc) is 2.58. The van der Waals surface area contributed by atoms with Crippen LogP contribution in [0.4, 0.5) is 4.79 Å². The van der Waals surface area contributed by atoms with Gasteiger partial charge in [0.25, 0.3) is 0 Å². The number of nitrogens with zero attached hydrogens (tertiary/aromatic N) is 1. The van der Waals surface area contributed by atoms with Crippen LogP contribution in [-0.2, 0) is 0 Å². The summed E-state index contributed by atoms with van der Waals surface area (Å²) in [7, 11) is 0. The normalized spacial score (nSPS) is 18.0. The molecule has 5 heteroatoms. The van der Waals surface area contributed by atoms with Crippen molar-refractivity contribution in [2.75, 3.05) is 19.6 Å². The number of likely N-dealkylation sites (N-methyl/N-ethyl adjacent to an activating group) is 1. The van der Waals surface area contributed by atoms with E-state index in [1.54, 1.807) is 23.1 Å². The Morgan fingerprint density at radius 1 is 1.33 bits per heavy atom. The van der Waals surface area contributed by atoms with Crippen molar-refractivity contribution in [1.29, 1.82) is 0 Å². The van der Waals surface area contributed by atoms with Gasteiger partial charge in [0.2, 0.25) is 0 Å². The molecule has 134 valence electrons. The van der Waals surface area contributed by atoms with Gasteiger partial charge in [-0.05, 0) is 42.9 Å². The summed E-state index contributed by atoms with van der Waals surface area (Å²) in [4.78, 5) is 14.1. The zero-order chi connectivity index (χ0) is 17.6. The van der Waals surface area contributed by atoms with Gasteiger partial charge in [0.05, 0.1) is 12.6 Å². The molecular weight excluding hydrogens is 304 g/mol. The van der Waals surface area contributed by atoms with Crippen molar-refractivity contribution in [1.82, 2.24) is 10.2 Å². The minimum absolute atomic E-state index is 0.115. The van der Waals surface area contributed by atoms with Crippen LogP contribution in [-0.4, -0.2) is 40.8 Å². The Hall–Kier alpha value is -1.75. The molecule has 2 rings (SSSR count). The third-order valence-corrected chi connectivity index (χ3v) is 5.04. The largest absolute Gasteiger partial charge is 0.508 e. The van der Waals surface area contributed by atoms with E-state index >= 15 is 0 Å². The fourth-order valence-electron chi connectivity index (χ4n) is 3.38. The van der Waals surface area contributed by atoms with E-state index in [0.29, 0.717) is 18.7 Å². The molecule has 2 amide bonds. The first-order valence-corrected chi connectivity index (χ1v) is 8.93. The monoisotopic (exact) mass is 334 g/mol. The van der Waals surface area contributed by atoms with Crippen LogP contribution < -0.4 is 5.32 Å². The highest BCUT2D eigenvalue weighted by Gasteiger charge is 2.28. The number of hydrogen-bond donors (Lipinski definition) is 3.